The van der Waals surface area contributed by atoms with E-state index < -0.39 is 0 Å². The van der Waals surface area contributed by atoms with Crippen LogP contribution in [0.1, 0.15) is 16.1 Å². The molecule has 3 rings (SSSR count). The van der Waals surface area contributed by atoms with Crippen LogP contribution in [-0.2, 0) is 0 Å². The fourth-order valence-electron chi connectivity index (χ4n) is 1.70. The van der Waals surface area contributed by atoms with Gasteiger partial charge in [-0.05, 0) is 30.3 Å². The van der Waals surface area contributed by atoms with Crippen molar-refractivity contribution >= 4 is 55.6 Å². The van der Waals surface area contributed by atoms with Crippen molar-refractivity contribution in [2.45, 2.75) is 0 Å². The summed E-state index contributed by atoms with van der Waals surface area (Å²) in [5, 5.41) is 2.63. The first-order chi connectivity index (χ1) is 8.63. The second-order valence-electron chi connectivity index (χ2n) is 3.76. The summed E-state index contributed by atoms with van der Waals surface area (Å²) in [7, 11) is 0. The largest absolute Gasteiger partial charge is 0.453 e. The average molecular weight is 342 g/mol. The molecule has 0 spiro atoms. The molecule has 0 bridgehead atoms. The van der Waals surface area contributed by atoms with Crippen molar-refractivity contribution in [3.63, 3.8) is 0 Å². The fraction of sp³-hybridized carbons (Fsp3) is 0. The van der Waals surface area contributed by atoms with Crippen molar-refractivity contribution in [2.75, 3.05) is 0 Å². The molecular weight excluding hydrogens is 336 g/mol. The van der Waals surface area contributed by atoms with E-state index in [4.69, 9.17) is 16.0 Å². The molecule has 0 radical (unpaired) electrons. The molecule has 0 N–H and O–H groups in total. The highest BCUT2D eigenvalue weighted by molar-refractivity contribution is 9.10. The van der Waals surface area contributed by atoms with E-state index in [9.17, 15) is 4.79 Å². The molecule has 2 aromatic heterocycles. The van der Waals surface area contributed by atoms with Gasteiger partial charge >= 0.3 is 0 Å². The topological polar surface area (TPSA) is 30.2 Å². The number of hydrogen-bond donors (Lipinski definition) is 0. The van der Waals surface area contributed by atoms with Gasteiger partial charge in [0, 0.05) is 20.8 Å². The van der Waals surface area contributed by atoms with Crippen LogP contribution < -0.4 is 0 Å². The maximum absolute atomic E-state index is 12.2. The zero-order valence-corrected chi connectivity index (χ0v) is 12.1. The van der Waals surface area contributed by atoms with Gasteiger partial charge in [-0.15, -0.1) is 11.3 Å². The highest BCUT2D eigenvalue weighted by atomic mass is 79.9. The smallest absolute Gasteiger partial charge is 0.229 e. The first-order valence-electron chi connectivity index (χ1n) is 5.11. The van der Waals surface area contributed by atoms with Gasteiger partial charge in [0.1, 0.15) is 5.58 Å². The highest BCUT2D eigenvalue weighted by Gasteiger charge is 2.16. The monoisotopic (exact) mass is 340 g/mol. The normalized spacial score (nSPS) is 11.0. The minimum absolute atomic E-state index is 0.148. The Labute approximate surface area is 120 Å². The van der Waals surface area contributed by atoms with Gasteiger partial charge in [0.15, 0.2) is 5.76 Å². The fourth-order valence-corrected chi connectivity index (χ4v) is 2.94. The third-order valence-corrected chi connectivity index (χ3v) is 4.12. The number of halogens is 2. The van der Waals surface area contributed by atoms with Crippen molar-refractivity contribution in [3.05, 3.63) is 55.8 Å². The first-order valence-corrected chi connectivity index (χ1v) is 7.16. The van der Waals surface area contributed by atoms with Gasteiger partial charge in [0.05, 0.1) is 4.34 Å². The van der Waals surface area contributed by atoms with Crippen LogP contribution in [0.4, 0.5) is 0 Å². The van der Waals surface area contributed by atoms with Crippen LogP contribution in [0.2, 0.25) is 4.34 Å². The van der Waals surface area contributed by atoms with Crippen molar-refractivity contribution < 1.29 is 9.21 Å². The average Bonchev–Trinajstić information content (AvgIpc) is 2.93. The van der Waals surface area contributed by atoms with Crippen LogP contribution in [0.3, 0.4) is 0 Å². The van der Waals surface area contributed by atoms with E-state index in [1.54, 1.807) is 17.5 Å². The van der Waals surface area contributed by atoms with E-state index in [0.29, 0.717) is 21.2 Å². The van der Waals surface area contributed by atoms with Gasteiger partial charge < -0.3 is 4.42 Å². The number of fused-ring (bicyclic) bond motifs is 1. The van der Waals surface area contributed by atoms with Crippen molar-refractivity contribution in [1.29, 1.82) is 0 Å². The third kappa shape index (κ3) is 2.11. The van der Waals surface area contributed by atoms with Crippen LogP contribution in [0.25, 0.3) is 11.0 Å². The minimum atomic E-state index is -0.148. The summed E-state index contributed by atoms with van der Waals surface area (Å²) in [6, 6.07) is 9.01. The van der Waals surface area contributed by atoms with Gasteiger partial charge in [-0.3, -0.25) is 4.79 Å². The lowest BCUT2D eigenvalue weighted by atomic mass is 10.1. The SMILES string of the molecule is O=C(c1csc(Cl)c1)c1cc2cc(Br)ccc2o1. The van der Waals surface area contributed by atoms with Gasteiger partial charge in [-0.2, -0.15) is 0 Å². The Morgan fingerprint density at radius 2 is 2.11 bits per heavy atom. The Balaban J connectivity index is 2.06. The Morgan fingerprint density at radius 1 is 1.28 bits per heavy atom. The van der Waals surface area contributed by atoms with Crippen LogP contribution in [0.15, 0.2) is 44.6 Å². The summed E-state index contributed by atoms with van der Waals surface area (Å²) < 4.78 is 7.09. The van der Waals surface area contributed by atoms with Gasteiger partial charge in [0.25, 0.3) is 0 Å². The molecule has 1 aromatic carbocycles. The molecule has 0 unspecified atom stereocenters. The second-order valence-corrected chi connectivity index (χ2v) is 6.22. The maximum atomic E-state index is 12.2. The predicted octanol–water partition coefficient (Wildman–Crippen LogP) is 5.14. The Morgan fingerprint density at radius 3 is 2.83 bits per heavy atom. The zero-order chi connectivity index (χ0) is 12.7. The Kier molecular flexibility index (Phi) is 3.01. The van der Waals surface area contributed by atoms with E-state index in [0.717, 1.165) is 9.86 Å². The summed E-state index contributed by atoms with van der Waals surface area (Å²) in [5.41, 5.74) is 1.26. The van der Waals surface area contributed by atoms with Crippen molar-refractivity contribution in [2.24, 2.45) is 0 Å². The van der Waals surface area contributed by atoms with Crippen molar-refractivity contribution in [1.82, 2.24) is 0 Å². The summed E-state index contributed by atoms with van der Waals surface area (Å²) in [6.07, 6.45) is 0. The lowest BCUT2D eigenvalue weighted by Gasteiger charge is -1.91. The van der Waals surface area contributed by atoms with Crippen LogP contribution in [0.5, 0.6) is 0 Å². The molecule has 0 amide bonds. The molecule has 0 fully saturated rings. The number of carbonyl (C=O) groups is 1. The van der Waals surface area contributed by atoms with Crippen LogP contribution in [0, 0.1) is 0 Å². The van der Waals surface area contributed by atoms with Crippen LogP contribution >= 0.6 is 38.9 Å². The quantitative estimate of drug-likeness (QED) is 0.604. The van der Waals surface area contributed by atoms with Gasteiger partial charge in [-0.1, -0.05) is 27.5 Å². The number of benzene rings is 1. The van der Waals surface area contributed by atoms with E-state index in [2.05, 4.69) is 15.9 Å². The standard InChI is InChI=1S/C13H6BrClO2S/c14-9-1-2-10-7(3-9)4-11(17-10)13(16)8-5-12(15)18-6-8/h1-6H. The number of thiophene rings is 1. The number of furan rings is 1. The minimum Gasteiger partial charge on any atom is -0.453 e. The maximum Gasteiger partial charge on any atom is 0.229 e. The van der Waals surface area contributed by atoms with E-state index >= 15 is 0 Å². The van der Waals surface area contributed by atoms with Crippen LogP contribution in [-0.4, -0.2) is 5.78 Å². The molecule has 2 heterocycles. The lowest BCUT2D eigenvalue weighted by Crippen LogP contribution is -1.96. The molecule has 3 aromatic rings. The zero-order valence-electron chi connectivity index (χ0n) is 8.94. The molecule has 0 atom stereocenters. The van der Waals surface area contributed by atoms with Gasteiger partial charge in [0.2, 0.25) is 5.78 Å². The molecular formula is C13H6BrClO2S. The number of hydrogen-bond acceptors (Lipinski definition) is 3. The summed E-state index contributed by atoms with van der Waals surface area (Å²) in [5.74, 6) is 0.183. The van der Waals surface area contributed by atoms with Gasteiger partial charge in [-0.25, -0.2) is 0 Å². The Hall–Kier alpha value is -1.10. The summed E-state index contributed by atoms with van der Waals surface area (Å²) in [4.78, 5) is 12.2. The van der Waals surface area contributed by atoms with E-state index in [1.165, 1.54) is 11.3 Å². The van der Waals surface area contributed by atoms with E-state index in [1.807, 2.05) is 18.2 Å². The Bertz CT molecular complexity index is 744. The van der Waals surface area contributed by atoms with E-state index in [-0.39, 0.29) is 5.78 Å². The number of ketones is 1. The number of rotatable bonds is 2. The first kappa shape index (κ1) is 12.0. The molecule has 90 valence electrons. The predicted molar refractivity (Wildman–Crippen MR) is 76.7 cm³/mol. The molecule has 5 heteroatoms. The molecule has 2 nitrogen and oxygen atoms in total. The molecule has 18 heavy (non-hydrogen) atoms. The molecule has 0 aliphatic heterocycles. The molecule has 0 saturated carbocycles. The summed E-state index contributed by atoms with van der Waals surface area (Å²) in [6.45, 7) is 0. The lowest BCUT2D eigenvalue weighted by molar-refractivity contribution is 0.101. The third-order valence-electron chi connectivity index (χ3n) is 2.53. The molecule has 0 saturated heterocycles. The molecule has 0 aliphatic carbocycles. The molecule has 0 aliphatic rings. The number of carbonyl (C=O) groups excluding carboxylic acids is 1. The second kappa shape index (κ2) is 4.53. The summed E-state index contributed by atoms with van der Waals surface area (Å²) >= 11 is 10.5. The highest BCUT2D eigenvalue weighted by Crippen LogP contribution is 2.27. The van der Waals surface area contributed by atoms with Crippen molar-refractivity contribution in [3.8, 4) is 0 Å².